The Bertz CT molecular complexity index is 238. The fourth-order valence-corrected chi connectivity index (χ4v) is 1.74. The molecule has 0 amide bonds. The summed E-state index contributed by atoms with van der Waals surface area (Å²) in [5, 5.41) is 9.71. The Morgan fingerprint density at radius 1 is 0.889 bits per heavy atom. The number of aliphatic hydroxyl groups excluding tert-OH is 1. The Balaban J connectivity index is 3.49. The molecule has 104 valence electrons. The minimum Gasteiger partial charge on any atom is -0.389 e. The molecule has 1 nitrogen and oxygen atoms in total. The molecule has 0 heterocycles. The molecule has 1 N–H and O–H groups in total. The summed E-state index contributed by atoms with van der Waals surface area (Å²) in [6.45, 7) is 4.36. The maximum absolute atomic E-state index is 9.71. The van der Waals surface area contributed by atoms with Crippen LogP contribution in [0, 0.1) is 0 Å². The number of hydrogen-bond donors (Lipinski definition) is 1. The molecule has 1 atom stereocenters. The molecule has 0 fully saturated rings. The van der Waals surface area contributed by atoms with Crippen LogP contribution in [0.4, 0.5) is 0 Å². The van der Waals surface area contributed by atoms with Crippen molar-refractivity contribution in [2.24, 2.45) is 0 Å². The van der Waals surface area contributed by atoms with Gasteiger partial charge in [-0.3, -0.25) is 0 Å². The number of hydrogen-bond acceptors (Lipinski definition) is 1. The summed E-state index contributed by atoms with van der Waals surface area (Å²) >= 11 is 0. The lowest BCUT2D eigenvalue weighted by Gasteiger charge is -2.04. The Morgan fingerprint density at radius 2 is 1.67 bits per heavy atom. The fraction of sp³-hybridized carbons (Fsp3) is 0.647. The largest absolute Gasteiger partial charge is 0.389 e. The molecule has 1 heteroatoms. The second kappa shape index (κ2) is 14.2. The van der Waals surface area contributed by atoms with E-state index in [-0.39, 0.29) is 6.10 Å². The molecule has 0 aliphatic carbocycles. The van der Waals surface area contributed by atoms with Crippen LogP contribution in [0.25, 0.3) is 0 Å². The smallest absolute Gasteiger partial charge is 0.0723 e. The minimum atomic E-state index is -0.275. The Hall–Kier alpha value is -0.820. The zero-order valence-electron chi connectivity index (χ0n) is 12.1. The molecular formula is C17H30O. The maximum Gasteiger partial charge on any atom is 0.0723 e. The summed E-state index contributed by atoms with van der Waals surface area (Å²) < 4.78 is 0. The van der Waals surface area contributed by atoms with E-state index >= 15 is 0 Å². The number of rotatable bonds is 11. The van der Waals surface area contributed by atoms with Crippen molar-refractivity contribution in [1.29, 1.82) is 0 Å². The highest BCUT2D eigenvalue weighted by atomic mass is 16.3. The zero-order valence-corrected chi connectivity index (χ0v) is 12.1. The predicted octanol–water partition coefficient (Wildman–Crippen LogP) is 5.18. The normalized spacial score (nSPS) is 14.2. The minimum absolute atomic E-state index is 0.275. The van der Waals surface area contributed by atoms with Gasteiger partial charge in [-0.1, -0.05) is 82.4 Å². The van der Waals surface area contributed by atoms with Gasteiger partial charge in [0.15, 0.2) is 0 Å². The average molecular weight is 250 g/mol. The number of allylic oxidation sites excluding steroid dienone is 5. The van der Waals surface area contributed by atoms with Crippen molar-refractivity contribution in [2.45, 2.75) is 71.3 Å². The predicted molar refractivity (Wildman–Crippen MR) is 81.7 cm³/mol. The molecule has 0 aliphatic rings. The molecule has 0 aromatic carbocycles. The van der Waals surface area contributed by atoms with Gasteiger partial charge >= 0.3 is 0 Å². The fourth-order valence-electron chi connectivity index (χ4n) is 1.74. The van der Waals surface area contributed by atoms with Crippen LogP contribution in [0.3, 0.4) is 0 Å². The molecule has 0 rings (SSSR count). The summed E-state index contributed by atoms with van der Waals surface area (Å²) in [5.74, 6) is 0. The van der Waals surface area contributed by atoms with E-state index < -0.39 is 0 Å². The second-order valence-electron chi connectivity index (χ2n) is 4.70. The molecule has 0 spiro atoms. The van der Waals surface area contributed by atoms with Crippen molar-refractivity contribution in [3.63, 3.8) is 0 Å². The van der Waals surface area contributed by atoms with E-state index in [0.29, 0.717) is 0 Å². The van der Waals surface area contributed by atoms with Crippen molar-refractivity contribution < 1.29 is 5.11 Å². The highest BCUT2D eigenvalue weighted by molar-refractivity contribution is 5.06. The average Bonchev–Trinajstić information content (AvgIpc) is 2.37. The van der Waals surface area contributed by atoms with Crippen molar-refractivity contribution in [3.8, 4) is 0 Å². The van der Waals surface area contributed by atoms with Crippen LogP contribution in [0.15, 0.2) is 36.5 Å². The molecule has 0 saturated heterocycles. The van der Waals surface area contributed by atoms with Gasteiger partial charge < -0.3 is 5.11 Å². The number of aliphatic hydroxyl groups is 1. The SMILES string of the molecule is CCC=CCC=CC=CC(O)CCCCCCC. The van der Waals surface area contributed by atoms with Crippen LogP contribution < -0.4 is 0 Å². The van der Waals surface area contributed by atoms with Gasteiger partial charge in [-0.15, -0.1) is 0 Å². The molecule has 0 saturated carbocycles. The van der Waals surface area contributed by atoms with Crippen LogP contribution >= 0.6 is 0 Å². The van der Waals surface area contributed by atoms with Gasteiger partial charge in [0.2, 0.25) is 0 Å². The first-order chi connectivity index (χ1) is 8.81. The third kappa shape index (κ3) is 13.2. The van der Waals surface area contributed by atoms with Crippen molar-refractivity contribution >= 4 is 0 Å². The Morgan fingerprint density at radius 3 is 2.39 bits per heavy atom. The van der Waals surface area contributed by atoms with E-state index in [1.165, 1.54) is 25.7 Å². The van der Waals surface area contributed by atoms with Gasteiger partial charge in [0.1, 0.15) is 0 Å². The van der Waals surface area contributed by atoms with Crippen LogP contribution in [-0.4, -0.2) is 11.2 Å². The van der Waals surface area contributed by atoms with Gasteiger partial charge in [0, 0.05) is 0 Å². The third-order valence-corrected chi connectivity index (χ3v) is 2.86. The lowest BCUT2D eigenvalue weighted by molar-refractivity contribution is 0.208. The van der Waals surface area contributed by atoms with E-state index in [9.17, 15) is 5.11 Å². The van der Waals surface area contributed by atoms with Gasteiger partial charge in [0.25, 0.3) is 0 Å². The van der Waals surface area contributed by atoms with Gasteiger partial charge in [-0.05, 0) is 19.3 Å². The molecule has 0 aliphatic heterocycles. The van der Waals surface area contributed by atoms with E-state index in [4.69, 9.17) is 0 Å². The van der Waals surface area contributed by atoms with Crippen LogP contribution in [-0.2, 0) is 0 Å². The first-order valence-electron chi connectivity index (χ1n) is 7.47. The van der Waals surface area contributed by atoms with Crippen LogP contribution in [0.1, 0.15) is 65.2 Å². The Labute approximate surface area is 113 Å². The molecular weight excluding hydrogens is 220 g/mol. The summed E-state index contributed by atoms with van der Waals surface area (Å²) in [4.78, 5) is 0. The first-order valence-corrected chi connectivity index (χ1v) is 7.47. The van der Waals surface area contributed by atoms with Crippen molar-refractivity contribution in [3.05, 3.63) is 36.5 Å². The zero-order chi connectivity index (χ0) is 13.5. The molecule has 0 radical (unpaired) electrons. The molecule has 0 aromatic rings. The van der Waals surface area contributed by atoms with Gasteiger partial charge in [0.05, 0.1) is 6.10 Å². The standard InChI is InChI=1S/C17H30O/c1-3-5-7-9-10-12-14-16-17(18)15-13-11-8-6-4-2/h5,7,10,12,14,16-18H,3-4,6,8-9,11,13,15H2,1-2H3. The lowest BCUT2D eigenvalue weighted by atomic mass is 10.1. The maximum atomic E-state index is 9.71. The molecule has 0 aromatic heterocycles. The second-order valence-corrected chi connectivity index (χ2v) is 4.70. The highest BCUT2D eigenvalue weighted by Gasteiger charge is 1.97. The summed E-state index contributed by atoms with van der Waals surface area (Å²) in [5.41, 5.74) is 0. The van der Waals surface area contributed by atoms with Crippen LogP contribution in [0.5, 0.6) is 0 Å². The van der Waals surface area contributed by atoms with E-state index in [1.807, 2.05) is 18.2 Å². The number of unbranched alkanes of at least 4 members (excludes halogenated alkanes) is 4. The van der Waals surface area contributed by atoms with Crippen LogP contribution in [0.2, 0.25) is 0 Å². The summed E-state index contributed by atoms with van der Waals surface area (Å²) in [6.07, 6.45) is 21.3. The van der Waals surface area contributed by atoms with E-state index in [1.54, 1.807) is 0 Å². The quantitative estimate of drug-likeness (QED) is 0.304. The third-order valence-electron chi connectivity index (χ3n) is 2.86. The monoisotopic (exact) mass is 250 g/mol. The van der Waals surface area contributed by atoms with Crippen molar-refractivity contribution in [2.75, 3.05) is 0 Å². The molecule has 18 heavy (non-hydrogen) atoms. The summed E-state index contributed by atoms with van der Waals surface area (Å²) in [6, 6.07) is 0. The van der Waals surface area contributed by atoms with E-state index in [0.717, 1.165) is 25.7 Å². The lowest BCUT2D eigenvalue weighted by Crippen LogP contribution is -2.01. The summed E-state index contributed by atoms with van der Waals surface area (Å²) in [7, 11) is 0. The molecule has 0 bridgehead atoms. The van der Waals surface area contributed by atoms with Crippen molar-refractivity contribution in [1.82, 2.24) is 0 Å². The highest BCUT2D eigenvalue weighted by Crippen LogP contribution is 2.07. The van der Waals surface area contributed by atoms with E-state index in [2.05, 4.69) is 32.1 Å². The topological polar surface area (TPSA) is 20.2 Å². The van der Waals surface area contributed by atoms with Gasteiger partial charge in [-0.25, -0.2) is 0 Å². The van der Waals surface area contributed by atoms with Gasteiger partial charge in [-0.2, -0.15) is 0 Å². The molecule has 1 unspecified atom stereocenters. The first kappa shape index (κ1) is 17.2. The Kier molecular flexibility index (Phi) is 13.6.